The van der Waals surface area contributed by atoms with Crippen molar-refractivity contribution in [2.45, 2.75) is 11.0 Å². The molecular formula is C21H17N3O4S. The summed E-state index contributed by atoms with van der Waals surface area (Å²) < 4.78 is 15.9. The number of anilines is 1. The van der Waals surface area contributed by atoms with Gasteiger partial charge in [-0.1, -0.05) is 23.9 Å². The van der Waals surface area contributed by atoms with Crippen LogP contribution in [0.1, 0.15) is 15.9 Å². The first kappa shape index (κ1) is 18.8. The van der Waals surface area contributed by atoms with Gasteiger partial charge in [0.1, 0.15) is 5.75 Å². The van der Waals surface area contributed by atoms with Gasteiger partial charge in [0.25, 0.3) is 17.0 Å². The first-order valence-electron chi connectivity index (χ1n) is 8.76. The van der Waals surface area contributed by atoms with Gasteiger partial charge in [-0.15, -0.1) is 10.2 Å². The topological polar surface area (TPSA) is 90.4 Å². The number of amides is 1. The van der Waals surface area contributed by atoms with Crippen molar-refractivity contribution >= 4 is 23.4 Å². The molecule has 7 nitrogen and oxygen atoms in total. The van der Waals surface area contributed by atoms with Gasteiger partial charge in [-0.3, -0.25) is 4.79 Å². The molecule has 2 aromatic carbocycles. The van der Waals surface area contributed by atoms with Crippen LogP contribution >= 0.6 is 11.8 Å². The van der Waals surface area contributed by atoms with Crippen LogP contribution in [0.5, 0.6) is 5.75 Å². The Kier molecular flexibility index (Phi) is 5.62. The lowest BCUT2D eigenvalue weighted by atomic mass is 10.1. The number of thioether (sulfide) groups is 1. The molecule has 0 aliphatic heterocycles. The minimum atomic E-state index is -0.172. The standard InChI is InChI=1S/C21H17N3O4S/c1-26-17-10-8-16(9-11-17)22-19(25)15-6-4-14(5-7-15)13-29-21-24-23-20(28-21)18-3-2-12-27-18/h2-12H,13H2,1H3,(H,22,25). The first-order chi connectivity index (χ1) is 14.2. The van der Waals surface area contributed by atoms with Gasteiger partial charge in [0.05, 0.1) is 13.4 Å². The number of benzene rings is 2. The molecule has 0 saturated heterocycles. The van der Waals surface area contributed by atoms with E-state index in [1.807, 2.05) is 12.1 Å². The third-order valence-electron chi connectivity index (χ3n) is 4.06. The molecule has 0 spiro atoms. The summed E-state index contributed by atoms with van der Waals surface area (Å²) in [7, 11) is 1.60. The van der Waals surface area contributed by atoms with E-state index in [0.29, 0.717) is 33.9 Å². The molecule has 0 aliphatic carbocycles. The Labute approximate surface area is 171 Å². The van der Waals surface area contributed by atoms with E-state index in [4.69, 9.17) is 13.6 Å². The normalized spacial score (nSPS) is 10.7. The van der Waals surface area contributed by atoms with E-state index >= 15 is 0 Å². The fourth-order valence-electron chi connectivity index (χ4n) is 2.54. The van der Waals surface area contributed by atoms with Crippen LogP contribution < -0.4 is 10.1 Å². The van der Waals surface area contributed by atoms with Crippen LogP contribution in [0.25, 0.3) is 11.7 Å². The quantitative estimate of drug-likeness (QED) is 0.437. The zero-order chi connectivity index (χ0) is 20.1. The minimum Gasteiger partial charge on any atom is -0.497 e. The molecule has 4 rings (SSSR count). The summed E-state index contributed by atoms with van der Waals surface area (Å²) >= 11 is 1.42. The van der Waals surface area contributed by atoms with Crippen molar-refractivity contribution in [3.05, 3.63) is 78.1 Å². The average Bonchev–Trinajstić information content (AvgIpc) is 3.45. The predicted molar refractivity (Wildman–Crippen MR) is 109 cm³/mol. The maximum absolute atomic E-state index is 12.4. The number of nitrogens with one attached hydrogen (secondary N) is 1. The largest absolute Gasteiger partial charge is 0.497 e. The highest BCUT2D eigenvalue weighted by atomic mass is 32.2. The zero-order valence-electron chi connectivity index (χ0n) is 15.5. The third kappa shape index (κ3) is 4.67. The summed E-state index contributed by atoms with van der Waals surface area (Å²) in [6.07, 6.45) is 1.55. The lowest BCUT2D eigenvalue weighted by molar-refractivity contribution is 0.102. The molecule has 1 amide bonds. The number of hydrogen-bond donors (Lipinski definition) is 1. The highest BCUT2D eigenvalue weighted by Crippen LogP contribution is 2.26. The summed E-state index contributed by atoms with van der Waals surface area (Å²) in [4.78, 5) is 12.4. The molecule has 0 saturated carbocycles. The van der Waals surface area contributed by atoms with Gasteiger partial charge in [0.15, 0.2) is 5.76 Å². The first-order valence-corrected chi connectivity index (χ1v) is 9.74. The number of methoxy groups -OCH3 is 1. The summed E-state index contributed by atoms with van der Waals surface area (Å²) in [6, 6.07) is 18.1. The van der Waals surface area contributed by atoms with Crippen LogP contribution in [-0.2, 0) is 5.75 Å². The smallest absolute Gasteiger partial charge is 0.284 e. The Hall–Kier alpha value is -3.52. The monoisotopic (exact) mass is 407 g/mol. The molecule has 8 heteroatoms. The molecule has 0 bridgehead atoms. The number of carbonyl (C=O) groups excluding carboxylic acids is 1. The molecule has 4 aromatic rings. The van der Waals surface area contributed by atoms with Gasteiger partial charge >= 0.3 is 0 Å². The van der Waals surface area contributed by atoms with E-state index in [2.05, 4.69) is 15.5 Å². The Morgan fingerprint density at radius 3 is 2.55 bits per heavy atom. The number of aromatic nitrogens is 2. The summed E-state index contributed by atoms with van der Waals surface area (Å²) in [6.45, 7) is 0. The van der Waals surface area contributed by atoms with Crippen molar-refractivity contribution in [3.8, 4) is 17.4 Å². The molecular weight excluding hydrogens is 390 g/mol. The molecule has 0 radical (unpaired) electrons. The highest BCUT2D eigenvalue weighted by molar-refractivity contribution is 7.98. The minimum absolute atomic E-state index is 0.172. The number of rotatable bonds is 7. The molecule has 0 unspecified atom stereocenters. The van der Waals surface area contributed by atoms with E-state index in [1.165, 1.54) is 11.8 Å². The molecule has 2 heterocycles. The van der Waals surface area contributed by atoms with Gasteiger partial charge in [-0.2, -0.15) is 0 Å². The molecule has 1 N–H and O–H groups in total. The number of furan rings is 1. The number of ether oxygens (including phenoxy) is 1. The second kappa shape index (κ2) is 8.66. The van der Waals surface area contributed by atoms with E-state index in [-0.39, 0.29) is 5.91 Å². The number of nitrogens with zero attached hydrogens (tertiary/aromatic N) is 2. The second-order valence-corrected chi connectivity index (χ2v) is 6.95. The van der Waals surface area contributed by atoms with Crippen LogP contribution in [0.2, 0.25) is 0 Å². The van der Waals surface area contributed by atoms with Gasteiger partial charge < -0.3 is 18.9 Å². The molecule has 2 aromatic heterocycles. The van der Waals surface area contributed by atoms with Crippen LogP contribution in [0, 0.1) is 0 Å². The van der Waals surface area contributed by atoms with Crippen molar-refractivity contribution in [2.75, 3.05) is 12.4 Å². The van der Waals surface area contributed by atoms with Gasteiger partial charge in [-0.05, 0) is 54.1 Å². The summed E-state index contributed by atoms with van der Waals surface area (Å²) in [5, 5.41) is 11.3. The van der Waals surface area contributed by atoms with Crippen molar-refractivity contribution < 1.29 is 18.4 Å². The fourth-order valence-corrected chi connectivity index (χ4v) is 3.26. The van der Waals surface area contributed by atoms with E-state index in [1.54, 1.807) is 61.9 Å². The third-order valence-corrected chi connectivity index (χ3v) is 4.95. The number of hydrogen-bond acceptors (Lipinski definition) is 7. The Balaban J connectivity index is 1.33. The van der Waals surface area contributed by atoms with Gasteiger partial charge in [0.2, 0.25) is 0 Å². The predicted octanol–water partition coefficient (Wildman–Crippen LogP) is 4.88. The van der Waals surface area contributed by atoms with E-state index in [9.17, 15) is 4.79 Å². The summed E-state index contributed by atoms with van der Waals surface area (Å²) in [5.41, 5.74) is 2.32. The average molecular weight is 407 g/mol. The molecule has 0 atom stereocenters. The summed E-state index contributed by atoms with van der Waals surface area (Å²) in [5.74, 6) is 2.09. The number of carbonyl (C=O) groups is 1. The Bertz CT molecular complexity index is 1070. The Morgan fingerprint density at radius 1 is 1.07 bits per heavy atom. The SMILES string of the molecule is COc1ccc(NC(=O)c2ccc(CSc3nnc(-c4ccco4)o3)cc2)cc1. The van der Waals surface area contributed by atoms with Gasteiger partial charge in [-0.25, -0.2) is 0 Å². The van der Waals surface area contributed by atoms with Crippen LogP contribution in [0.15, 0.2) is 81.0 Å². The van der Waals surface area contributed by atoms with Crippen molar-refractivity contribution in [2.24, 2.45) is 0 Å². The van der Waals surface area contributed by atoms with E-state index in [0.717, 1.165) is 11.3 Å². The van der Waals surface area contributed by atoms with Crippen molar-refractivity contribution in [1.82, 2.24) is 10.2 Å². The fraction of sp³-hybridized carbons (Fsp3) is 0.0952. The van der Waals surface area contributed by atoms with Crippen LogP contribution in [-0.4, -0.2) is 23.2 Å². The molecule has 146 valence electrons. The maximum Gasteiger partial charge on any atom is 0.284 e. The van der Waals surface area contributed by atoms with Crippen LogP contribution in [0.4, 0.5) is 5.69 Å². The zero-order valence-corrected chi connectivity index (χ0v) is 16.3. The van der Waals surface area contributed by atoms with Crippen molar-refractivity contribution in [1.29, 1.82) is 0 Å². The van der Waals surface area contributed by atoms with E-state index < -0.39 is 0 Å². The maximum atomic E-state index is 12.4. The Morgan fingerprint density at radius 2 is 1.86 bits per heavy atom. The molecule has 0 fully saturated rings. The molecule has 29 heavy (non-hydrogen) atoms. The lowest BCUT2D eigenvalue weighted by Gasteiger charge is -2.07. The second-order valence-electron chi connectivity index (χ2n) is 6.02. The van der Waals surface area contributed by atoms with Crippen LogP contribution in [0.3, 0.4) is 0 Å². The van der Waals surface area contributed by atoms with Gasteiger partial charge in [0, 0.05) is 17.0 Å². The molecule has 0 aliphatic rings. The lowest BCUT2D eigenvalue weighted by Crippen LogP contribution is -2.11. The highest BCUT2D eigenvalue weighted by Gasteiger charge is 2.12. The van der Waals surface area contributed by atoms with Crippen molar-refractivity contribution in [3.63, 3.8) is 0 Å².